The normalized spacial score (nSPS) is 20.0. The highest BCUT2D eigenvalue weighted by Gasteiger charge is 2.44. The molecule has 1 atom stereocenters. The third-order valence-electron chi connectivity index (χ3n) is 4.24. The van der Waals surface area contributed by atoms with Gasteiger partial charge in [-0.05, 0) is 48.6 Å². The summed E-state index contributed by atoms with van der Waals surface area (Å²) in [7, 11) is 0. The Labute approximate surface area is 129 Å². The van der Waals surface area contributed by atoms with Crippen molar-refractivity contribution in [3.63, 3.8) is 0 Å². The van der Waals surface area contributed by atoms with E-state index >= 15 is 0 Å². The number of nitrogens with zero attached hydrogens (tertiary/aromatic N) is 1. The zero-order valence-corrected chi connectivity index (χ0v) is 13.2. The molecule has 1 aliphatic rings. The number of oxime groups is 1. The Morgan fingerprint density at radius 2 is 2.24 bits per heavy atom. The van der Waals surface area contributed by atoms with Gasteiger partial charge >= 0.3 is 0 Å². The van der Waals surface area contributed by atoms with Gasteiger partial charge in [0.2, 0.25) is 5.91 Å². The molecule has 0 saturated heterocycles. The Bertz CT molecular complexity index is 493. The summed E-state index contributed by atoms with van der Waals surface area (Å²) in [5.74, 6) is -0.0670. The third-order valence-corrected chi connectivity index (χ3v) is 4.97. The van der Waals surface area contributed by atoms with Crippen LogP contribution in [-0.4, -0.2) is 23.0 Å². The number of amides is 1. The number of rotatable bonds is 5. The molecule has 0 aliphatic heterocycles. The molecule has 116 valence electrons. The average molecular weight is 309 g/mol. The van der Waals surface area contributed by atoms with Gasteiger partial charge in [-0.1, -0.05) is 24.4 Å². The van der Waals surface area contributed by atoms with Crippen LogP contribution in [0.3, 0.4) is 0 Å². The summed E-state index contributed by atoms with van der Waals surface area (Å²) in [5, 5.41) is 19.3. The highest BCUT2D eigenvalue weighted by atomic mass is 32.1. The van der Waals surface area contributed by atoms with Crippen molar-refractivity contribution in [1.29, 1.82) is 0 Å². The van der Waals surface area contributed by atoms with Gasteiger partial charge in [0, 0.05) is 6.04 Å². The van der Waals surface area contributed by atoms with Gasteiger partial charge in [0.25, 0.3) is 0 Å². The Balaban J connectivity index is 2.04. The first-order valence-corrected chi connectivity index (χ1v) is 8.33. The molecule has 4 N–H and O–H groups in total. The smallest absolute Gasteiger partial charge is 0.234 e. The molecule has 1 saturated carbocycles. The monoisotopic (exact) mass is 309 g/mol. The lowest BCUT2D eigenvalue weighted by Crippen LogP contribution is -2.53. The maximum atomic E-state index is 12.7. The molecule has 1 aromatic rings. The number of carbonyl (C=O) groups is 1. The summed E-state index contributed by atoms with van der Waals surface area (Å²) in [4.78, 5) is 12.7. The lowest BCUT2D eigenvalue weighted by atomic mass is 9.72. The van der Waals surface area contributed by atoms with Crippen LogP contribution in [0.2, 0.25) is 0 Å². The number of thiophene rings is 1. The van der Waals surface area contributed by atoms with E-state index in [1.807, 2.05) is 12.3 Å². The average Bonchev–Trinajstić information content (AvgIpc) is 2.99. The number of amidine groups is 1. The van der Waals surface area contributed by atoms with Crippen LogP contribution < -0.4 is 11.1 Å². The van der Waals surface area contributed by atoms with E-state index in [1.54, 1.807) is 11.3 Å². The highest BCUT2D eigenvalue weighted by molar-refractivity contribution is 7.07. The zero-order chi connectivity index (χ0) is 15.3. The van der Waals surface area contributed by atoms with E-state index < -0.39 is 5.41 Å². The maximum Gasteiger partial charge on any atom is 0.234 e. The molecule has 0 spiro atoms. The summed E-state index contributed by atoms with van der Waals surface area (Å²) in [6.07, 6.45) is 5.06. The molecule has 1 unspecified atom stereocenters. The fourth-order valence-corrected chi connectivity index (χ4v) is 3.71. The second kappa shape index (κ2) is 6.93. The molecule has 0 radical (unpaired) electrons. The van der Waals surface area contributed by atoms with E-state index in [0.29, 0.717) is 12.8 Å². The maximum absolute atomic E-state index is 12.7. The van der Waals surface area contributed by atoms with Gasteiger partial charge < -0.3 is 16.3 Å². The number of carbonyl (C=O) groups excluding carboxylic acids is 1. The SMILES string of the molecule is CC(Cc1ccsc1)NC(=O)C1(C(N)=NO)CCCCC1. The third kappa shape index (κ3) is 3.56. The van der Waals surface area contributed by atoms with Crippen molar-refractivity contribution in [2.75, 3.05) is 0 Å². The number of nitrogens with two attached hydrogens (primary N) is 1. The van der Waals surface area contributed by atoms with Gasteiger partial charge in [0.15, 0.2) is 5.84 Å². The van der Waals surface area contributed by atoms with Crippen LogP contribution in [0.5, 0.6) is 0 Å². The molecule has 1 aliphatic carbocycles. The minimum atomic E-state index is -0.837. The fourth-order valence-electron chi connectivity index (χ4n) is 3.03. The molecule has 21 heavy (non-hydrogen) atoms. The summed E-state index contributed by atoms with van der Waals surface area (Å²) in [6.45, 7) is 1.98. The summed E-state index contributed by atoms with van der Waals surface area (Å²) >= 11 is 1.65. The molecule has 6 heteroatoms. The molecule has 1 aromatic heterocycles. The van der Waals surface area contributed by atoms with E-state index in [9.17, 15) is 4.79 Å². The Morgan fingerprint density at radius 3 is 2.81 bits per heavy atom. The molecule has 1 fully saturated rings. The van der Waals surface area contributed by atoms with Crippen LogP contribution in [0.4, 0.5) is 0 Å². The van der Waals surface area contributed by atoms with E-state index in [-0.39, 0.29) is 17.8 Å². The molecule has 1 heterocycles. The second-order valence-electron chi connectivity index (χ2n) is 5.84. The van der Waals surface area contributed by atoms with Crippen LogP contribution in [0.25, 0.3) is 0 Å². The van der Waals surface area contributed by atoms with E-state index in [2.05, 4.69) is 21.9 Å². The highest BCUT2D eigenvalue weighted by Crippen LogP contribution is 2.37. The van der Waals surface area contributed by atoms with E-state index in [0.717, 1.165) is 25.7 Å². The van der Waals surface area contributed by atoms with E-state index in [1.165, 1.54) is 5.56 Å². The number of nitrogens with one attached hydrogen (secondary N) is 1. The van der Waals surface area contributed by atoms with Crippen LogP contribution in [0.15, 0.2) is 22.0 Å². The lowest BCUT2D eigenvalue weighted by Gasteiger charge is -2.35. The van der Waals surface area contributed by atoms with E-state index in [4.69, 9.17) is 10.9 Å². The van der Waals surface area contributed by atoms with Crippen LogP contribution in [-0.2, 0) is 11.2 Å². The van der Waals surface area contributed by atoms with Gasteiger partial charge in [-0.3, -0.25) is 4.79 Å². The first-order chi connectivity index (χ1) is 10.1. The van der Waals surface area contributed by atoms with Crippen LogP contribution >= 0.6 is 11.3 Å². The Hall–Kier alpha value is -1.56. The standard InChI is InChI=1S/C15H23N3O2S/c1-11(9-12-5-8-21-10-12)17-14(19)15(13(16)18-20)6-3-2-4-7-15/h5,8,10-11,20H,2-4,6-7,9H2,1H3,(H2,16,18)(H,17,19). The van der Waals surface area contributed by atoms with Crippen molar-refractivity contribution in [1.82, 2.24) is 5.32 Å². The minimum Gasteiger partial charge on any atom is -0.409 e. The molecule has 0 aromatic carbocycles. The van der Waals surface area contributed by atoms with Gasteiger partial charge in [-0.2, -0.15) is 11.3 Å². The lowest BCUT2D eigenvalue weighted by molar-refractivity contribution is -0.129. The molecule has 0 bridgehead atoms. The summed E-state index contributed by atoms with van der Waals surface area (Å²) < 4.78 is 0. The molecule has 2 rings (SSSR count). The van der Waals surface area contributed by atoms with Crippen molar-refractivity contribution in [2.45, 2.75) is 51.5 Å². The molecular weight excluding hydrogens is 286 g/mol. The van der Waals surface area contributed by atoms with Crippen molar-refractivity contribution in [2.24, 2.45) is 16.3 Å². The summed E-state index contributed by atoms with van der Waals surface area (Å²) in [5.41, 5.74) is 6.22. The number of hydrogen-bond acceptors (Lipinski definition) is 4. The fraction of sp³-hybridized carbons (Fsp3) is 0.600. The number of hydrogen-bond donors (Lipinski definition) is 3. The van der Waals surface area contributed by atoms with Crippen LogP contribution in [0.1, 0.15) is 44.6 Å². The van der Waals surface area contributed by atoms with Crippen molar-refractivity contribution in [3.8, 4) is 0 Å². The van der Waals surface area contributed by atoms with Gasteiger partial charge in [-0.25, -0.2) is 0 Å². The van der Waals surface area contributed by atoms with Gasteiger partial charge in [0.05, 0.1) is 0 Å². The second-order valence-corrected chi connectivity index (χ2v) is 6.62. The van der Waals surface area contributed by atoms with Gasteiger partial charge in [-0.15, -0.1) is 0 Å². The first kappa shape index (κ1) is 15.8. The van der Waals surface area contributed by atoms with Crippen molar-refractivity contribution >= 4 is 23.1 Å². The molecular formula is C15H23N3O2S. The van der Waals surface area contributed by atoms with Crippen molar-refractivity contribution < 1.29 is 10.0 Å². The molecule has 1 amide bonds. The largest absolute Gasteiger partial charge is 0.409 e. The Morgan fingerprint density at radius 1 is 1.52 bits per heavy atom. The summed E-state index contributed by atoms with van der Waals surface area (Å²) in [6, 6.07) is 2.09. The van der Waals surface area contributed by atoms with Crippen LogP contribution in [0, 0.1) is 5.41 Å². The zero-order valence-electron chi connectivity index (χ0n) is 12.3. The Kier molecular flexibility index (Phi) is 5.22. The topological polar surface area (TPSA) is 87.7 Å². The molecule has 5 nitrogen and oxygen atoms in total. The van der Waals surface area contributed by atoms with Crippen molar-refractivity contribution in [3.05, 3.63) is 22.4 Å². The first-order valence-electron chi connectivity index (χ1n) is 7.38. The predicted molar refractivity (Wildman–Crippen MR) is 84.6 cm³/mol. The minimum absolute atomic E-state index is 0.0254. The predicted octanol–water partition coefficient (Wildman–Crippen LogP) is 2.49. The quantitative estimate of drug-likeness (QED) is 0.338. The van der Waals surface area contributed by atoms with Gasteiger partial charge in [0.1, 0.15) is 5.41 Å².